The highest BCUT2D eigenvalue weighted by atomic mass is 16.2. The normalized spacial score (nSPS) is 16.7. The van der Waals surface area contributed by atoms with Gasteiger partial charge in [0.15, 0.2) is 0 Å². The van der Waals surface area contributed by atoms with E-state index in [9.17, 15) is 4.79 Å². The fraction of sp³-hybridized carbons (Fsp3) is 0.588. The summed E-state index contributed by atoms with van der Waals surface area (Å²) in [7, 11) is 0. The first-order chi connectivity index (χ1) is 9.58. The molecule has 0 spiro atoms. The number of rotatable bonds is 4. The number of carbonyl (C=O) groups excluding carboxylic acids is 1. The van der Waals surface area contributed by atoms with Gasteiger partial charge >= 0.3 is 0 Å². The van der Waals surface area contributed by atoms with Crippen LogP contribution in [0.4, 0.5) is 0 Å². The molecule has 3 heteroatoms. The van der Waals surface area contributed by atoms with E-state index in [4.69, 9.17) is 0 Å². The summed E-state index contributed by atoms with van der Waals surface area (Å²) < 4.78 is 0. The summed E-state index contributed by atoms with van der Waals surface area (Å²) >= 11 is 0. The molecule has 1 amide bonds. The number of hydrogen-bond donors (Lipinski definition) is 1. The Kier molecular flexibility index (Phi) is 5.18. The molecule has 1 fully saturated rings. The summed E-state index contributed by atoms with van der Waals surface area (Å²) in [6.07, 6.45) is 2.12. The number of carbonyl (C=O) groups is 1. The van der Waals surface area contributed by atoms with Gasteiger partial charge in [-0.1, -0.05) is 38.1 Å². The second-order valence-corrected chi connectivity index (χ2v) is 6.06. The van der Waals surface area contributed by atoms with Crippen LogP contribution in [0.2, 0.25) is 0 Å². The minimum atomic E-state index is 0.117. The van der Waals surface area contributed by atoms with Crippen LogP contribution in [0, 0.1) is 12.8 Å². The summed E-state index contributed by atoms with van der Waals surface area (Å²) in [6.45, 7) is 8.82. The van der Waals surface area contributed by atoms with Gasteiger partial charge in [0.25, 0.3) is 0 Å². The Bertz CT molecular complexity index is 448. The van der Waals surface area contributed by atoms with E-state index in [-0.39, 0.29) is 5.92 Å². The molecule has 1 aromatic rings. The van der Waals surface area contributed by atoms with Gasteiger partial charge in [-0.2, -0.15) is 0 Å². The Morgan fingerprint density at radius 2 is 1.95 bits per heavy atom. The van der Waals surface area contributed by atoms with Gasteiger partial charge in [0.05, 0.1) is 0 Å². The minimum Gasteiger partial charge on any atom is -0.342 e. The van der Waals surface area contributed by atoms with Crippen LogP contribution in [0.25, 0.3) is 0 Å². The second kappa shape index (κ2) is 6.89. The lowest BCUT2D eigenvalue weighted by Crippen LogP contribution is -2.46. The van der Waals surface area contributed by atoms with Gasteiger partial charge < -0.3 is 10.2 Å². The van der Waals surface area contributed by atoms with Crippen LogP contribution >= 0.6 is 0 Å². The molecule has 110 valence electrons. The molecule has 0 atom stereocenters. The number of benzene rings is 1. The molecular formula is C17H26N2O. The minimum absolute atomic E-state index is 0.117. The van der Waals surface area contributed by atoms with E-state index in [2.05, 4.69) is 36.5 Å². The molecule has 0 aliphatic carbocycles. The van der Waals surface area contributed by atoms with E-state index in [0.29, 0.717) is 11.9 Å². The van der Waals surface area contributed by atoms with Crippen molar-refractivity contribution in [2.75, 3.05) is 13.1 Å². The highest BCUT2D eigenvalue weighted by Crippen LogP contribution is 2.14. The zero-order chi connectivity index (χ0) is 14.5. The van der Waals surface area contributed by atoms with Gasteiger partial charge in [0.1, 0.15) is 0 Å². The molecule has 1 N–H and O–H groups in total. The smallest absolute Gasteiger partial charge is 0.225 e. The van der Waals surface area contributed by atoms with Crippen molar-refractivity contribution >= 4 is 5.91 Å². The molecule has 0 radical (unpaired) electrons. The van der Waals surface area contributed by atoms with Crippen molar-refractivity contribution in [1.82, 2.24) is 10.2 Å². The molecule has 1 aliphatic rings. The van der Waals surface area contributed by atoms with Crippen LogP contribution in [0.1, 0.15) is 37.8 Å². The zero-order valence-corrected chi connectivity index (χ0v) is 12.9. The number of amides is 1. The van der Waals surface area contributed by atoms with E-state index in [1.54, 1.807) is 0 Å². The summed E-state index contributed by atoms with van der Waals surface area (Å²) in [5.41, 5.74) is 2.71. The molecule has 0 saturated carbocycles. The molecule has 0 unspecified atom stereocenters. The van der Waals surface area contributed by atoms with E-state index >= 15 is 0 Å². The van der Waals surface area contributed by atoms with Crippen LogP contribution in [0.15, 0.2) is 24.3 Å². The Balaban J connectivity index is 1.78. The summed E-state index contributed by atoms with van der Waals surface area (Å²) in [4.78, 5) is 13.9. The molecule has 0 bridgehead atoms. The lowest BCUT2D eigenvalue weighted by Gasteiger charge is -2.33. The molecule has 1 saturated heterocycles. The average molecular weight is 274 g/mol. The number of nitrogens with zero attached hydrogens (tertiary/aromatic N) is 1. The Hall–Kier alpha value is -1.35. The lowest BCUT2D eigenvalue weighted by atomic mass is 10.0. The molecular weight excluding hydrogens is 248 g/mol. The van der Waals surface area contributed by atoms with Gasteiger partial charge in [0.2, 0.25) is 5.91 Å². The van der Waals surface area contributed by atoms with Crippen LogP contribution < -0.4 is 5.32 Å². The lowest BCUT2D eigenvalue weighted by molar-refractivity contribution is -0.135. The third kappa shape index (κ3) is 3.83. The second-order valence-electron chi connectivity index (χ2n) is 6.06. The third-order valence-corrected chi connectivity index (χ3v) is 4.14. The number of hydrogen-bond acceptors (Lipinski definition) is 2. The predicted molar refractivity (Wildman–Crippen MR) is 82.5 cm³/mol. The van der Waals surface area contributed by atoms with Crippen molar-refractivity contribution in [3.63, 3.8) is 0 Å². The number of aryl methyl sites for hydroxylation is 1. The van der Waals surface area contributed by atoms with Gasteiger partial charge in [-0.15, -0.1) is 0 Å². The molecule has 3 nitrogen and oxygen atoms in total. The first-order valence-corrected chi connectivity index (χ1v) is 7.64. The molecule has 0 aromatic heterocycles. The summed E-state index contributed by atoms with van der Waals surface area (Å²) in [5, 5.41) is 3.63. The Morgan fingerprint density at radius 3 is 2.55 bits per heavy atom. The van der Waals surface area contributed by atoms with E-state index in [1.165, 1.54) is 11.1 Å². The fourth-order valence-corrected chi connectivity index (χ4v) is 2.73. The molecule has 20 heavy (non-hydrogen) atoms. The third-order valence-electron chi connectivity index (χ3n) is 4.14. The van der Waals surface area contributed by atoms with Crippen LogP contribution in [0.3, 0.4) is 0 Å². The number of piperidine rings is 1. The maximum Gasteiger partial charge on any atom is 0.225 e. The van der Waals surface area contributed by atoms with Crippen LogP contribution in [-0.4, -0.2) is 29.9 Å². The highest BCUT2D eigenvalue weighted by molar-refractivity contribution is 5.78. The van der Waals surface area contributed by atoms with Crippen molar-refractivity contribution in [3.8, 4) is 0 Å². The molecule has 2 rings (SSSR count). The Labute approximate surface area is 122 Å². The van der Waals surface area contributed by atoms with Crippen molar-refractivity contribution in [2.24, 2.45) is 5.92 Å². The summed E-state index contributed by atoms with van der Waals surface area (Å²) in [5.74, 6) is 0.411. The fourth-order valence-electron chi connectivity index (χ4n) is 2.73. The average Bonchev–Trinajstić information content (AvgIpc) is 2.46. The summed E-state index contributed by atoms with van der Waals surface area (Å²) in [6, 6.07) is 9.04. The first-order valence-electron chi connectivity index (χ1n) is 7.64. The highest BCUT2D eigenvalue weighted by Gasteiger charge is 2.23. The van der Waals surface area contributed by atoms with Crippen LogP contribution in [-0.2, 0) is 11.3 Å². The van der Waals surface area contributed by atoms with E-state index in [1.807, 2.05) is 18.7 Å². The van der Waals surface area contributed by atoms with E-state index in [0.717, 1.165) is 32.5 Å². The van der Waals surface area contributed by atoms with Crippen LogP contribution in [0.5, 0.6) is 0 Å². The SMILES string of the molecule is Cc1ccccc1CNC1CCN(C(=O)C(C)C)CC1. The maximum atomic E-state index is 11.9. The monoisotopic (exact) mass is 274 g/mol. The standard InChI is InChI=1S/C17H26N2O/c1-13(2)17(20)19-10-8-16(9-11-19)18-12-15-7-5-4-6-14(15)3/h4-7,13,16,18H,8-12H2,1-3H3. The van der Waals surface area contributed by atoms with Crippen molar-refractivity contribution in [2.45, 2.75) is 46.2 Å². The van der Waals surface area contributed by atoms with Crippen molar-refractivity contribution in [1.29, 1.82) is 0 Å². The van der Waals surface area contributed by atoms with Crippen molar-refractivity contribution in [3.05, 3.63) is 35.4 Å². The predicted octanol–water partition coefficient (Wildman–Crippen LogP) is 2.73. The number of nitrogens with one attached hydrogen (secondary N) is 1. The molecule has 1 aromatic carbocycles. The van der Waals surface area contributed by atoms with Gasteiger partial charge in [0, 0.05) is 31.6 Å². The van der Waals surface area contributed by atoms with Gasteiger partial charge in [-0.3, -0.25) is 4.79 Å². The maximum absolute atomic E-state index is 11.9. The topological polar surface area (TPSA) is 32.3 Å². The van der Waals surface area contributed by atoms with Gasteiger partial charge in [-0.25, -0.2) is 0 Å². The van der Waals surface area contributed by atoms with Crippen molar-refractivity contribution < 1.29 is 4.79 Å². The first kappa shape index (κ1) is 15.0. The van der Waals surface area contributed by atoms with Gasteiger partial charge in [-0.05, 0) is 30.9 Å². The zero-order valence-electron chi connectivity index (χ0n) is 12.9. The Morgan fingerprint density at radius 1 is 1.30 bits per heavy atom. The van der Waals surface area contributed by atoms with E-state index < -0.39 is 0 Å². The molecule has 1 heterocycles. The quantitative estimate of drug-likeness (QED) is 0.915. The number of likely N-dealkylation sites (tertiary alicyclic amines) is 1. The molecule has 1 aliphatic heterocycles. The largest absolute Gasteiger partial charge is 0.342 e.